The summed E-state index contributed by atoms with van der Waals surface area (Å²) in [5.41, 5.74) is 2.29. The maximum absolute atomic E-state index is 13.5. The Bertz CT molecular complexity index is 1250. The molecule has 1 fully saturated rings. The molecule has 34 heavy (non-hydrogen) atoms. The van der Waals surface area contributed by atoms with Crippen molar-refractivity contribution in [1.29, 1.82) is 0 Å². The number of nitrogens with zero attached hydrogens (tertiary/aromatic N) is 6. The summed E-state index contributed by atoms with van der Waals surface area (Å²) < 4.78 is 36.2. The average Bonchev–Trinajstić information content (AvgIpc) is 3.17. The number of likely N-dealkylation sites (N-methyl/N-ethyl adjacent to an activating group) is 1. The first-order valence-electron chi connectivity index (χ1n) is 12.1. The van der Waals surface area contributed by atoms with E-state index in [1.807, 2.05) is 18.4 Å². The van der Waals surface area contributed by atoms with Crippen LogP contribution in [-0.2, 0) is 16.4 Å². The highest BCUT2D eigenvalue weighted by molar-refractivity contribution is 7.89. The molecule has 2 aromatic heterocycles. The molecular weight excluding hydrogens is 452 g/mol. The van der Waals surface area contributed by atoms with Crippen molar-refractivity contribution < 1.29 is 13.2 Å². The molecule has 0 unspecified atom stereocenters. The molecule has 1 aromatic carbocycles. The zero-order valence-corrected chi connectivity index (χ0v) is 21.3. The summed E-state index contributed by atoms with van der Waals surface area (Å²) in [5, 5.41) is 4.76. The van der Waals surface area contributed by atoms with Crippen LogP contribution in [0.1, 0.15) is 45.1 Å². The number of hydrogen-bond acceptors (Lipinski definition) is 7. The Hall–Kier alpha value is -2.56. The lowest BCUT2D eigenvalue weighted by atomic mass is 10.2. The number of ether oxygens (including phenoxy) is 1. The zero-order chi connectivity index (χ0) is 24.3. The van der Waals surface area contributed by atoms with E-state index < -0.39 is 10.0 Å². The monoisotopic (exact) mass is 486 g/mol. The molecule has 3 aromatic rings. The van der Waals surface area contributed by atoms with Crippen molar-refractivity contribution in [2.45, 2.75) is 51.9 Å². The van der Waals surface area contributed by atoms with Crippen LogP contribution in [0, 0.1) is 6.92 Å². The first kappa shape index (κ1) is 24.6. The molecule has 4 rings (SSSR count). The number of aryl methyl sites for hydroxylation is 2. The molecule has 3 heterocycles. The molecule has 0 atom stereocenters. The lowest BCUT2D eigenvalue weighted by molar-refractivity contribution is 0.196. The van der Waals surface area contributed by atoms with Crippen molar-refractivity contribution in [2.75, 3.05) is 39.3 Å². The Morgan fingerprint density at radius 1 is 1.06 bits per heavy atom. The molecule has 9 nitrogen and oxygen atoms in total. The van der Waals surface area contributed by atoms with Gasteiger partial charge in [0.1, 0.15) is 17.1 Å². The third kappa shape index (κ3) is 4.80. The highest BCUT2D eigenvalue weighted by Gasteiger charge is 2.29. The van der Waals surface area contributed by atoms with E-state index in [-0.39, 0.29) is 4.90 Å². The number of hydrogen-bond donors (Lipinski definition) is 0. The summed E-state index contributed by atoms with van der Waals surface area (Å²) in [4.78, 5) is 11.7. The molecule has 0 radical (unpaired) electrons. The van der Waals surface area contributed by atoms with E-state index in [1.54, 1.807) is 28.7 Å². The smallest absolute Gasteiger partial charge is 0.243 e. The van der Waals surface area contributed by atoms with Crippen LogP contribution in [0.4, 0.5) is 0 Å². The normalized spacial score (nSPS) is 15.8. The number of rotatable bonds is 9. The van der Waals surface area contributed by atoms with E-state index in [1.165, 1.54) is 0 Å². The molecule has 1 saturated heterocycles. The van der Waals surface area contributed by atoms with Crippen molar-refractivity contribution >= 4 is 15.5 Å². The zero-order valence-electron chi connectivity index (χ0n) is 20.5. The van der Waals surface area contributed by atoms with Gasteiger partial charge >= 0.3 is 0 Å². The minimum Gasteiger partial charge on any atom is -0.493 e. The highest BCUT2D eigenvalue weighted by atomic mass is 32.2. The molecule has 0 amide bonds. The van der Waals surface area contributed by atoms with Crippen LogP contribution in [0.25, 0.3) is 16.9 Å². The van der Waals surface area contributed by atoms with E-state index in [4.69, 9.17) is 9.84 Å². The largest absolute Gasteiger partial charge is 0.493 e. The third-order valence-electron chi connectivity index (χ3n) is 6.19. The number of fused-ring (bicyclic) bond motifs is 1. The molecule has 1 aliphatic rings. The summed E-state index contributed by atoms with van der Waals surface area (Å²) in [5.74, 6) is 1.86. The van der Waals surface area contributed by atoms with Gasteiger partial charge in [-0.1, -0.05) is 20.8 Å². The maximum atomic E-state index is 13.5. The van der Waals surface area contributed by atoms with E-state index in [0.29, 0.717) is 36.8 Å². The molecular formula is C24H34N6O3S. The van der Waals surface area contributed by atoms with Crippen LogP contribution in [0.15, 0.2) is 29.3 Å². The fourth-order valence-electron chi connectivity index (χ4n) is 4.22. The standard InChI is InChI=1S/C24H34N6O3S/c1-5-8-23-26-18(4)21-17-25-24(27-30(21)23)20-16-19(9-10-22(20)33-15-6-2)34(31,32)29-13-11-28(7-3)12-14-29/h9-10,16-17H,5-8,11-15H2,1-4H3. The van der Waals surface area contributed by atoms with Crippen molar-refractivity contribution in [3.8, 4) is 17.1 Å². The van der Waals surface area contributed by atoms with Crippen molar-refractivity contribution in [2.24, 2.45) is 0 Å². The van der Waals surface area contributed by atoms with Crippen LogP contribution in [-0.4, -0.2) is 76.5 Å². The summed E-state index contributed by atoms with van der Waals surface area (Å²) in [6.07, 6.45) is 4.33. The van der Waals surface area contributed by atoms with Gasteiger partial charge in [-0.25, -0.2) is 22.9 Å². The second-order valence-electron chi connectivity index (χ2n) is 8.59. The van der Waals surface area contributed by atoms with Gasteiger partial charge in [-0.05, 0) is 44.5 Å². The van der Waals surface area contributed by atoms with Crippen molar-refractivity contribution in [3.63, 3.8) is 0 Å². The quantitative estimate of drug-likeness (QED) is 0.459. The molecule has 1 aliphatic heterocycles. The highest BCUT2D eigenvalue weighted by Crippen LogP contribution is 2.32. The molecule has 10 heteroatoms. The van der Waals surface area contributed by atoms with E-state index in [9.17, 15) is 8.42 Å². The molecule has 0 spiro atoms. The van der Waals surface area contributed by atoms with Gasteiger partial charge in [-0.3, -0.25) is 0 Å². The Kier molecular flexibility index (Phi) is 7.49. The molecule has 0 N–H and O–H groups in total. The SMILES string of the molecule is CCCOc1ccc(S(=O)(=O)N2CCN(CC)CC2)cc1-c1ncc2c(C)nc(CCC)n2n1. The summed E-state index contributed by atoms with van der Waals surface area (Å²) in [7, 11) is -3.64. The summed E-state index contributed by atoms with van der Waals surface area (Å²) in [6, 6.07) is 5.00. The number of sulfonamides is 1. The van der Waals surface area contributed by atoms with E-state index in [0.717, 1.165) is 55.9 Å². The maximum Gasteiger partial charge on any atom is 0.243 e. The second-order valence-corrected chi connectivity index (χ2v) is 10.5. The van der Waals surface area contributed by atoms with Gasteiger partial charge in [0.25, 0.3) is 0 Å². The van der Waals surface area contributed by atoms with E-state index in [2.05, 4.69) is 28.7 Å². The van der Waals surface area contributed by atoms with Gasteiger partial charge in [-0.2, -0.15) is 4.31 Å². The minimum absolute atomic E-state index is 0.232. The predicted molar refractivity (Wildman–Crippen MR) is 132 cm³/mol. The number of benzene rings is 1. The first-order valence-corrected chi connectivity index (χ1v) is 13.5. The lowest BCUT2D eigenvalue weighted by Gasteiger charge is -2.33. The van der Waals surface area contributed by atoms with Crippen molar-refractivity contribution in [1.82, 2.24) is 28.8 Å². The molecule has 0 bridgehead atoms. The Morgan fingerprint density at radius 2 is 1.82 bits per heavy atom. The average molecular weight is 487 g/mol. The number of aromatic nitrogens is 4. The van der Waals surface area contributed by atoms with Gasteiger partial charge in [0.05, 0.1) is 29.0 Å². The first-order chi connectivity index (χ1) is 16.4. The Labute approximate surface area is 201 Å². The van der Waals surface area contributed by atoms with Crippen LogP contribution in [0.2, 0.25) is 0 Å². The van der Waals surface area contributed by atoms with Crippen LogP contribution >= 0.6 is 0 Å². The van der Waals surface area contributed by atoms with Crippen LogP contribution < -0.4 is 4.74 Å². The van der Waals surface area contributed by atoms with Crippen LogP contribution in [0.5, 0.6) is 5.75 Å². The van der Waals surface area contributed by atoms with Gasteiger partial charge in [-0.15, -0.1) is 5.10 Å². The molecule has 184 valence electrons. The van der Waals surface area contributed by atoms with Gasteiger partial charge < -0.3 is 9.64 Å². The molecule has 0 aliphatic carbocycles. The third-order valence-corrected chi connectivity index (χ3v) is 8.08. The second kappa shape index (κ2) is 10.4. The number of piperazine rings is 1. The summed E-state index contributed by atoms with van der Waals surface area (Å²) in [6.45, 7) is 12.1. The van der Waals surface area contributed by atoms with Gasteiger partial charge in [0.2, 0.25) is 10.0 Å². The number of imidazole rings is 1. The summed E-state index contributed by atoms with van der Waals surface area (Å²) >= 11 is 0. The topological polar surface area (TPSA) is 92.9 Å². The minimum atomic E-state index is -3.64. The fourth-order valence-corrected chi connectivity index (χ4v) is 5.67. The lowest BCUT2D eigenvalue weighted by Crippen LogP contribution is -2.48. The van der Waals surface area contributed by atoms with Gasteiger partial charge in [0.15, 0.2) is 5.82 Å². The van der Waals surface area contributed by atoms with E-state index >= 15 is 0 Å². The van der Waals surface area contributed by atoms with Crippen LogP contribution in [0.3, 0.4) is 0 Å². The fraction of sp³-hybridized carbons (Fsp3) is 0.542. The Balaban J connectivity index is 1.77. The predicted octanol–water partition coefficient (Wildman–Crippen LogP) is 3.17. The Morgan fingerprint density at radius 3 is 2.50 bits per heavy atom. The van der Waals surface area contributed by atoms with Crippen molar-refractivity contribution in [3.05, 3.63) is 35.9 Å². The van der Waals surface area contributed by atoms with Gasteiger partial charge in [0, 0.05) is 32.6 Å². The molecule has 0 saturated carbocycles.